The second-order valence-corrected chi connectivity index (χ2v) is 5.99. The summed E-state index contributed by atoms with van der Waals surface area (Å²) >= 11 is 0. The van der Waals surface area contributed by atoms with Crippen molar-refractivity contribution in [2.45, 2.75) is 44.6 Å². The van der Waals surface area contributed by atoms with Gasteiger partial charge in [0.15, 0.2) is 0 Å². The third kappa shape index (κ3) is 5.89. The van der Waals surface area contributed by atoms with Crippen molar-refractivity contribution in [3.8, 4) is 0 Å². The minimum atomic E-state index is -0.709. The molecule has 3 atom stereocenters. The van der Waals surface area contributed by atoms with Gasteiger partial charge in [0.05, 0.1) is 25.2 Å². The fourth-order valence-electron chi connectivity index (χ4n) is 2.59. The first kappa shape index (κ1) is 20.0. The highest BCUT2D eigenvalue weighted by atomic mass is 19.1. The standard InChI is InChI=1S/C18H22F2N2O4/c1-2-17(24)22-15-4-3-14(26-16(15)10-23)8-18(25)21-9-11-5-12(19)7-13(20)6-11/h3-7,14-16,23H,2,8-10H2,1H3,(H,21,25)(H,22,24)/t14-,15-,16-/m1/s1. The maximum absolute atomic E-state index is 13.1. The average molecular weight is 368 g/mol. The number of aliphatic hydroxyl groups is 1. The second kappa shape index (κ2) is 9.40. The predicted molar refractivity (Wildman–Crippen MR) is 89.9 cm³/mol. The monoisotopic (exact) mass is 368 g/mol. The van der Waals surface area contributed by atoms with E-state index in [2.05, 4.69) is 10.6 Å². The normalized spacial score (nSPS) is 22.1. The van der Waals surface area contributed by atoms with Crippen molar-refractivity contribution in [2.75, 3.05) is 6.61 Å². The third-order valence-corrected chi connectivity index (χ3v) is 3.91. The zero-order chi connectivity index (χ0) is 19.1. The molecule has 8 heteroatoms. The number of benzene rings is 1. The summed E-state index contributed by atoms with van der Waals surface area (Å²) in [7, 11) is 0. The number of carbonyl (C=O) groups excluding carboxylic acids is 2. The summed E-state index contributed by atoms with van der Waals surface area (Å²) in [6, 6.07) is 2.59. The van der Waals surface area contributed by atoms with Crippen LogP contribution in [0.4, 0.5) is 8.78 Å². The molecule has 0 aliphatic carbocycles. The second-order valence-electron chi connectivity index (χ2n) is 5.99. The molecular formula is C18H22F2N2O4. The quantitative estimate of drug-likeness (QED) is 0.631. The molecule has 1 aliphatic heterocycles. The van der Waals surface area contributed by atoms with E-state index in [0.29, 0.717) is 12.0 Å². The smallest absolute Gasteiger partial charge is 0.223 e. The van der Waals surface area contributed by atoms with Gasteiger partial charge in [0.2, 0.25) is 11.8 Å². The molecule has 3 N–H and O–H groups in total. The van der Waals surface area contributed by atoms with Crippen LogP contribution in [0.25, 0.3) is 0 Å². The molecule has 0 unspecified atom stereocenters. The molecule has 0 fully saturated rings. The first-order valence-corrected chi connectivity index (χ1v) is 8.37. The number of carbonyl (C=O) groups is 2. The van der Waals surface area contributed by atoms with E-state index in [1.54, 1.807) is 19.1 Å². The number of rotatable bonds is 7. The van der Waals surface area contributed by atoms with Gasteiger partial charge in [0, 0.05) is 19.0 Å². The van der Waals surface area contributed by atoms with Crippen LogP contribution in [0.3, 0.4) is 0 Å². The van der Waals surface area contributed by atoms with Crippen LogP contribution in [0, 0.1) is 11.6 Å². The molecule has 2 rings (SSSR count). The molecule has 1 aromatic rings. The van der Waals surface area contributed by atoms with Crippen LogP contribution in [0.2, 0.25) is 0 Å². The lowest BCUT2D eigenvalue weighted by atomic mass is 10.0. The Kier molecular flexibility index (Phi) is 7.23. The number of aliphatic hydroxyl groups excluding tert-OH is 1. The molecule has 0 aromatic heterocycles. The van der Waals surface area contributed by atoms with E-state index < -0.39 is 29.9 Å². The van der Waals surface area contributed by atoms with Crippen LogP contribution < -0.4 is 10.6 Å². The number of amides is 2. The van der Waals surface area contributed by atoms with Crippen molar-refractivity contribution < 1.29 is 28.2 Å². The minimum Gasteiger partial charge on any atom is -0.394 e. The molecule has 0 bridgehead atoms. The molecule has 0 saturated carbocycles. The fourth-order valence-corrected chi connectivity index (χ4v) is 2.59. The van der Waals surface area contributed by atoms with Gasteiger partial charge in [-0.2, -0.15) is 0 Å². The van der Waals surface area contributed by atoms with Crippen molar-refractivity contribution in [1.29, 1.82) is 0 Å². The zero-order valence-corrected chi connectivity index (χ0v) is 14.4. The third-order valence-electron chi connectivity index (χ3n) is 3.91. The Morgan fingerprint density at radius 1 is 1.15 bits per heavy atom. The summed E-state index contributed by atoms with van der Waals surface area (Å²) in [5, 5.41) is 14.7. The van der Waals surface area contributed by atoms with Gasteiger partial charge < -0.3 is 20.5 Å². The Balaban J connectivity index is 1.86. The maximum atomic E-state index is 13.1. The van der Waals surface area contributed by atoms with Gasteiger partial charge in [-0.15, -0.1) is 0 Å². The summed E-state index contributed by atoms with van der Waals surface area (Å²) in [5.74, 6) is -1.95. The van der Waals surface area contributed by atoms with E-state index in [1.807, 2.05) is 0 Å². The SMILES string of the molecule is CCC(=O)N[C@@H]1C=C[C@H](CC(=O)NCc2cc(F)cc(F)c2)O[C@@H]1CO. The molecular weight excluding hydrogens is 346 g/mol. The average Bonchev–Trinajstić information content (AvgIpc) is 2.60. The minimum absolute atomic E-state index is 0.0114. The lowest BCUT2D eigenvalue weighted by Crippen LogP contribution is -2.48. The highest BCUT2D eigenvalue weighted by Crippen LogP contribution is 2.16. The van der Waals surface area contributed by atoms with Gasteiger partial charge in [-0.05, 0) is 17.7 Å². The van der Waals surface area contributed by atoms with E-state index in [9.17, 15) is 23.5 Å². The van der Waals surface area contributed by atoms with Gasteiger partial charge in [-0.3, -0.25) is 9.59 Å². The number of halogens is 2. The summed E-state index contributed by atoms with van der Waals surface area (Å²) in [5.41, 5.74) is 0.312. The van der Waals surface area contributed by atoms with Gasteiger partial charge >= 0.3 is 0 Å². The van der Waals surface area contributed by atoms with E-state index in [1.165, 1.54) is 0 Å². The van der Waals surface area contributed by atoms with Crippen LogP contribution in [0.15, 0.2) is 30.4 Å². The van der Waals surface area contributed by atoms with Gasteiger partial charge in [-0.1, -0.05) is 19.1 Å². The van der Waals surface area contributed by atoms with Crippen molar-refractivity contribution in [1.82, 2.24) is 10.6 Å². The molecule has 0 radical (unpaired) electrons. The van der Waals surface area contributed by atoms with Gasteiger partial charge in [-0.25, -0.2) is 8.78 Å². The zero-order valence-electron chi connectivity index (χ0n) is 14.4. The van der Waals surface area contributed by atoms with Crippen LogP contribution in [-0.2, 0) is 20.9 Å². The summed E-state index contributed by atoms with van der Waals surface area (Å²) in [4.78, 5) is 23.5. The predicted octanol–water partition coefficient (Wildman–Crippen LogP) is 1.18. The van der Waals surface area contributed by atoms with Crippen LogP contribution in [0.1, 0.15) is 25.3 Å². The van der Waals surface area contributed by atoms with Gasteiger partial charge in [0.25, 0.3) is 0 Å². The first-order valence-electron chi connectivity index (χ1n) is 8.37. The van der Waals surface area contributed by atoms with Crippen molar-refractivity contribution in [3.63, 3.8) is 0 Å². The van der Waals surface area contributed by atoms with Crippen LogP contribution in [-0.4, -0.2) is 41.8 Å². The van der Waals surface area contributed by atoms with E-state index in [-0.39, 0.29) is 31.4 Å². The van der Waals surface area contributed by atoms with E-state index in [4.69, 9.17) is 4.74 Å². The van der Waals surface area contributed by atoms with Crippen molar-refractivity contribution in [2.24, 2.45) is 0 Å². The lowest BCUT2D eigenvalue weighted by molar-refractivity contribution is -0.128. The molecule has 1 heterocycles. The van der Waals surface area contributed by atoms with Gasteiger partial charge in [0.1, 0.15) is 17.7 Å². The van der Waals surface area contributed by atoms with E-state index in [0.717, 1.165) is 18.2 Å². The first-order chi connectivity index (χ1) is 12.4. The molecule has 2 amide bonds. The number of ether oxygens (including phenoxy) is 1. The number of hydrogen-bond donors (Lipinski definition) is 3. The van der Waals surface area contributed by atoms with Crippen LogP contribution >= 0.6 is 0 Å². The Hall–Kier alpha value is -2.32. The molecule has 0 spiro atoms. The summed E-state index contributed by atoms with van der Waals surface area (Å²) in [6.45, 7) is 1.40. The van der Waals surface area contributed by atoms with Crippen molar-refractivity contribution >= 4 is 11.8 Å². The molecule has 1 aromatic carbocycles. The topological polar surface area (TPSA) is 87.7 Å². The summed E-state index contributed by atoms with van der Waals surface area (Å²) < 4.78 is 31.9. The highest BCUT2D eigenvalue weighted by molar-refractivity contribution is 5.77. The fraction of sp³-hybridized carbons (Fsp3) is 0.444. The Morgan fingerprint density at radius 3 is 2.46 bits per heavy atom. The molecule has 1 aliphatic rings. The Morgan fingerprint density at radius 2 is 1.85 bits per heavy atom. The molecule has 142 valence electrons. The largest absolute Gasteiger partial charge is 0.394 e. The number of nitrogens with one attached hydrogen (secondary N) is 2. The number of hydrogen-bond acceptors (Lipinski definition) is 4. The lowest BCUT2D eigenvalue weighted by Gasteiger charge is -2.31. The molecule has 26 heavy (non-hydrogen) atoms. The Bertz CT molecular complexity index is 661. The Labute approximate surface area is 150 Å². The van der Waals surface area contributed by atoms with E-state index >= 15 is 0 Å². The molecule has 0 saturated heterocycles. The summed E-state index contributed by atoms with van der Waals surface area (Å²) in [6.07, 6.45) is 2.43. The van der Waals surface area contributed by atoms with Crippen LogP contribution in [0.5, 0.6) is 0 Å². The maximum Gasteiger partial charge on any atom is 0.223 e. The molecule has 6 nitrogen and oxygen atoms in total. The van der Waals surface area contributed by atoms with Crippen molar-refractivity contribution in [3.05, 3.63) is 47.5 Å². The highest BCUT2D eigenvalue weighted by Gasteiger charge is 2.28.